The van der Waals surface area contributed by atoms with Crippen LogP contribution in [0.1, 0.15) is 0 Å². The van der Waals surface area contributed by atoms with Gasteiger partial charge < -0.3 is 0 Å². The molecule has 0 bridgehead atoms. The van der Waals surface area contributed by atoms with Gasteiger partial charge in [0.05, 0.1) is 4.47 Å². The van der Waals surface area contributed by atoms with Crippen molar-refractivity contribution < 1.29 is 8.78 Å². The second-order valence-corrected chi connectivity index (χ2v) is 4.28. The van der Waals surface area contributed by atoms with Gasteiger partial charge in [0.2, 0.25) is 0 Å². The first kappa shape index (κ1) is 11.5. The molecule has 2 rings (SSSR count). The predicted octanol–water partition coefficient (Wildman–Crippen LogP) is 4.44. The maximum Gasteiger partial charge on any atom is 0.168 e. The Labute approximate surface area is 104 Å². The van der Waals surface area contributed by atoms with Crippen LogP contribution < -0.4 is 0 Å². The van der Waals surface area contributed by atoms with Gasteiger partial charge in [-0.3, -0.25) is 0 Å². The maximum atomic E-state index is 13.7. The van der Waals surface area contributed by atoms with Gasteiger partial charge in [-0.25, -0.2) is 13.8 Å². The molecule has 0 saturated carbocycles. The zero-order chi connectivity index (χ0) is 11.7. The minimum Gasteiger partial charge on any atom is -0.242 e. The molecule has 0 atom stereocenters. The van der Waals surface area contributed by atoms with E-state index in [1.807, 2.05) is 0 Å². The fourth-order valence-corrected chi connectivity index (χ4v) is 1.86. The average molecular weight is 305 g/mol. The lowest BCUT2D eigenvalue weighted by atomic mass is 10.1. The van der Waals surface area contributed by atoms with Gasteiger partial charge in [0, 0.05) is 17.3 Å². The molecule has 0 aliphatic rings. The Kier molecular flexibility index (Phi) is 3.21. The van der Waals surface area contributed by atoms with Crippen LogP contribution in [-0.2, 0) is 0 Å². The number of halogens is 4. The molecule has 0 aliphatic heterocycles. The second-order valence-electron chi connectivity index (χ2n) is 3.06. The molecule has 2 aromatic rings. The number of hydrogen-bond donors (Lipinski definition) is 0. The van der Waals surface area contributed by atoms with Gasteiger partial charge >= 0.3 is 0 Å². The molecule has 0 unspecified atom stereocenters. The number of hydrogen-bond acceptors (Lipinski definition) is 1. The smallest absolute Gasteiger partial charge is 0.168 e. The molecule has 1 heterocycles. The van der Waals surface area contributed by atoms with Crippen LogP contribution in [0, 0.1) is 11.6 Å². The highest BCUT2D eigenvalue weighted by atomic mass is 79.9. The lowest BCUT2D eigenvalue weighted by Crippen LogP contribution is -1.91. The molecule has 0 amide bonds. The minimum absolute atomic E-state index is 0.0961. The van der Waals surface area contributed by atoms with E-state index in [1.165, 1.54) is 18.3 Å². The molecule has 0 N–H and O–H groups in total. The van der Waals surface area contributed by atoms with Crippen molar-refractivity contribution in [3.63, 3.8) is 0 Å². The molecule has 0 aliphatic carbocycles. The number of nitrogens with zero attached hydrogens (tertiary/aromatic N) is 1. The zero-order valence-electron chi connectivity index (χ0n) is 7.85. The monoisotopic (exact) mass is 303 g/mol. The van der Waals surface area contributed by atoms with Crippen molar-refractivity contribution in [2.45, 2.75) is 0 Å². The van der Waals surface area contributed by atoms with Crippen molar-refractivity contribution >= 4 is 27.5 Å². The summed E-state index contributed by atoms with van der Waals surface area (Å²) in [4.78, 5) is 3.57. The molecule has 0 spiro atoms. The first-order chi connectivity index (χ1) is 7.61. The summed E-state index contributed by atoms with van der Waals surface area (Å²) in [6.45, 7) is 0. The molecular formula is C11H5BrClF2N. The summed E-state index contributed by atoms with van der Waals surface area (Å²) in [7, 11) is 0. The highest BCUT2D eigenvalue weighted by molar-refractivity contribution is 9.10. The van der Waals surface area contributed by atoms with E-state index in [0.717, 1.165) is 0 Å². The topological polar surface area (TPSA) is 12.9 Å². The fourth-order valence-electron chi connectivity index (χ4n) is 1.34. The Hall–Kier alpha value is -1.000. The maximum absolute atomic E-state index is 13.7. The predicted molar refractivity (Wildman–Crippen MR) is 62.3 cm³/mol. The number of rotatable bonds is 1. The van der Waals surface area contributed by atoms with Crippen molar-refractivity contribution in [2.24, 2.45) is 0 Å². The Morgan fingerprint density at radius 2 is 1.75 bits per heavy atom. The molecule has 5 heteroatoms. The van der Waals surface area contributed by atoms with Crippen LogP contribution in [0.5, 0.6) is 0 Å². The van der Waals surface area contributed by atoms with E-state index in [2.05, 4.69) is 20.9 Å². The molecule has 1 aromatic heterocycles. The number of benzene rings is 1. The molecule has 16 heavy (non-hydrogen) atoms. The van der Waals surface area contributed by atoms with Crippen LogP contribution in [0.25, 0.3) is 11.1 Å². The second kappa shape index (κ2) is 4.47. The first-order valence-electron chi connectivity index (χ1n) is 4.35. The molecule has 0 fully saturated rings. The van der Waals surface area contributed by atoms with Crippen LogP contribution >= 0.6 is 27.5 Å². The molecule has 1 nitrogen and oxygen atoms in total. The van der Waals surface area contributed by atoms with Crippen LogP contribution in [0.2, 0.25) is 5.15 Å². The largest absolute Gasteiger partial charge is 0.242 e. The van der Waals surface area contributed by atoms with Crippen LogP contribution in [0.4, 0.5) is 8.78 Å². The Bertz CT molecular complexity index is 496. The van der Waals surface area contributed by atoms with Gasteiger partial charge in [-0.05, 0) is 28.1 Å². The normalized spacial score (nSPS) is 10.5. The van der Waals surface area contributed by atoms with Crippen LogP contribution in [0.15, 0.2) is 34.9 Å². The Morgan fingerprint density at radius 3 is 2.50 bits per heavy atom. The summed E-state index contributed by atoms with van der Waals surface area (Å²) >= 11 is 8.58. The SMILES string of the molecule is Fc1c(Br)cccc1-c1ccnc(Cl)c1F. The van der Waals surface area contributed by atoms with Crippen LogP contribution in [-0.4, -0.2) is 4.98 Å². The third kappa shape index (κ3) is 1.95. The van der Waals surface area contributed by atoms with Gasteiger partial charge in [0.1, 0.15) is 5.82 Å². The van der Waals surface area contributed by atoms with E-state index in [1.54, 1.807) is 12.1 Å². The fraction of sp³-hybridized carbons (Fsp3) is 0. The van der Waals surface area contributed by atoms with Gasteiger partial charge in [0.25, 0.3) is 0 Å². The quantitative estimate of drug-likeness (QED) is 0.710. The molecule has 0 saturated heterocycles. The summed E-state index contributed by atoms with van der Waals surface area (Å²) in [6.07, 6.45) is 1.33. The third-order valence-electron chi connectivity index (χ3n) is 2.09. The van der Waals surface area contributed by atoms with Gasteiger partial charge in [-0.15, -0.1) is 0 Å². The van der Waals surface area contributed by atoms with E-state index in [-0.39, 0.29) is 20.8 Å². The standard InChI is InChI=1S/C11H5BrClF2N/c12-8-3-1-2-6(9(8)14)7-4-5-16-11(13)10(7)15/h1-5H. The Morgan fingerprint density at radius 1 is 1.06 bits per heavy atom. The zero-order valence-corrected chi connectivity index (χ0v) is 10.2. The summed E-state index contributed by atoms with van der Waals surface area (Å²) in [5.74, 6) is -1.25. The molecular weight excluding hydrogens is 299 g/mol. The molecule has 0 radical (unpaired) electrons. The van der Waals surface area contributed by atoms with E-state index < -0.39 is 11.6 Å². The highest BCUT2D eigenvalue weighted by Gasteiger charge is 2.14. The number of aromatic nitrogens is 1. The summed E-state index contributed by atoms with van der Waals surface area (Å²) < 4.78 is 27.6. The van der Waals surface area contributed by atoms with Crippen molar-refractivity contribution in [3.05, 3.63) is 51.7 Å². The minimum atomic E-state index is -0.721. The summed E-state index contributed by atoms with van der Waals surface area (Å²) in [5.41, 5.74) is 0.245. The van der Waals surface area contributed by atoms with Crippen molar-refractivity contribution in [2.75, 3.05) is 0 Å². The van der Waals surface area contributed by atoms with Gasteiger partial charge in [0.15, 0.2) is 11.0 Å². The van der Waals surface area contributed by atoms with E-state index >= 15 is 0 Å². The lowest BCUT2D eigenvalue weighted by Gasteiger charge is -2.06. The van der Waals surface area contributed by atoms with Crippen LogP contribution in [0.3, 0.4) is 0 Å². The highest BCUT2D eigenvalue weighted by Crippen LogP contribution is 2.31. The third-order valence-corrected chi connectivity index (χ3v) is 2.96. The van der Waals surface area contributed by atoms with Crippen molar-refractivity contribution in [1.82, 2.24) is 4.98 Å². The van der Waals surface area contributed by atoms with Gasteiger partial charge in [-0.2, -0.15) is 0 Å². The van der Waals surface area contributed by atoms with Crippen molar-refractivity contribution in [1.29, 1.82) is 0 Å². The van der Waals surface area contributed by atoms with Gasteiger partial charge in [-0.1, -0.05) is 23.7 Å². The summed E-state index contributed by atoms with van der Waals surface area (Å²) in [5, 5.41) is -0.267. The Balaban J connectivity index is 2.68. The molecule has 82 valence electrons. The number of pyridine rings is 1. The van der Waals surface area contributed by atoms with E-state index in [0.29, 0.717) is 0 Å². The summed E-state index contributed by atoms with van der Waals surface area (Å²) in [6, 6.07) is 6.02. The van der Waals surface area contributed by atoms with E-state index in [4.69, 9.17) is 11.6 Å². The lowest BCUT2D eigenvalue weighted by molar-refractivity contribution is 0.610. The van der Waals surface area contributed by atoms with Crippen molar-refractivity contribution in [3.8, 4) is 11.1 Å². The average Bonchev–Trinajstić information content (AvgIpc) is 2.27. The molecule has 1 aromatic carbocycles. The van der Waals surface area contributed by atoms with E-state index in [9.17, 15) is 8.78 Å². The first-order valence-corrected chi connectivity index (χ1v) is 5.52.